The lowest BCUT2D eigenvalue weighted by Gasteiger charge is -2.27. The average Bonchev–Trinajstić information content (AvgIpc) is 2.09. The number of hydrogen-bond donors (Lipinski definition) is 2. The van der Waals surface area contributed by atoms with Crippen LogP contribution in [0.15, 0.2) is 0 Å². The molecule has 0 radical (unpaired) electrons. The largest absolute Gasteiger partial charge is 0.320 e. The van der Waals surface area contributed by atoms with E-state index in [1.807, 2.05) is 7.05 Å². The standard InChI is InChI=1S/C12H28N2/c1-11(12(2,3)4)7-10-14-9-6-8-13-5/h11,13-14H,6-10H2,1-5H3. The van der Waals surface area contributed by atoms with E-state index >= 15 is 0 Å². The van der Waals surface area contributed by atoms with E-state index in [9.17, 15) is 0 Å². The normalized spacial score (nSPS) is 14.4. The van der Waals surface area contributed by atoms with Crippen LogP contribution in [0.2, 0.25) is 0 Å². The molecule has 0 aliphatic heterocycles. The van der Waals surface area contributed by atoms with Crippen molar-refractivity contribution in [3.63, 3.8) is 0 Å². The first-order chi connectivity index (χ1) is 6.48. The number of rotatable bonds is 7. The molecule has 2 heteroatoms. The van der Waals surface area contributed by atoms with Crippen molar-refractivity contribution in [2.75, 3.05) is 26.7 Å². The van der Waals surface area contributed by atoms with Crippen molar-refractivity contribution in [1.82, 2.24) is 10.6 Å². The molecule has 0 aromatic rings. The Morgan fingerprint density at radius 1 is 1.07 bits per heavy atom. The SMILES string of the molecule is CNCCCNCCC(C)C(C)(C)C. The van der Waals surface area contributed by atoms with Gasteiger partial charge in [0.2, 0.25) is 0 Å². The van der Waals surface area contributed by atoms with E-state index in [-0.39, 0.29) is 0 Å². The minimum absolute atomic E-state index is 0.451. The monoisotopic (exact) mass is 200 g/mol. The lowest BCUT2D eigenvalue weighted by molar-refractivity contribution is 0.245. The highest BCUT2D eigenvalue weighted by atomic mass is 14.9. The summed E-state index contributed by atoms with van der Waals surface area (Å²) < 4.78 is 0. The van der Waals surface area contributed by atoms with Gasteiger partial charge in [0.1, 0.15) is 0 Å². The molecule has 0 aromatic carbocycles. The quantitative estimate of drug-likeness (QED) is 0.616. The molecule has 2 N–H and O–H groups in total. The van der Waals surface area contributed by atoms with E-state index in [0.29, 0.717) is 5.41 Å². The Bertz CT molecular complexity index is 127. The van der Waals surface area contributed by atoms with Crippen molar-refractivity contribution in [3.05, 3.63) is 0 Å². The summed E-state index contributed by atoms with van der Waals surface area (Å²) in [5, 5.41) is 6.63. The topological polar surface area (TPSA) is 24.1 Å². The first-order valence-corrected chi connectivity index (χ1v) is 5.83. The highest BCUT2D eigenvalue weighted by Gasteiger charge is 2.18. The first kappa shape index (κ1) is 13.9. The third-order valence-electron chi connectivity index (χ3n) is 3.01. The molecule has 0 fully saturated rings. The molecule has 0 spiro atoms. The van der Waals surface area contributed by atoms with Gasteiger partial charge >= 0.3 is 0 Å². The molecule has 14 heavy (non-hydrogen) atoms. The highest BCUT2D eigenvalue weighted by molar-refractivity contribution is 4.70. The molecule has 1 unspecified atom stereocenters. The molecule has 0 bridgehead atoms. The van der Waals surface area contributed by atoms with Gasteiger partial charge in [0.15, 0.2) is 0 Å². The number of hydrogen-bond acceptors (Lipinski definition) is 2. The molecule has 0 aromatic heterocycles. The first-order valence-electron chi connectivity index (χ1n) is 5.83. The van der Waals surface area contributed by atoms with Crippen LogP contribution in [0.5, 0.6) is 0 Å². The third-order valence-corrected chi connectivity index (χ3v) is 3.01. The maximum Gasteiger partial charge on any atom is -0.00368 e. The van der Waals surface area contributed by atoms with Crippen LogP contribution in [-0.2, 0) is 0 Å². The van der Waals surface area contributed by atoms with E-state index in [1.165, 1.54) is 12.8 Å². The van der Waals surface area contributed by atoms with E-state index < -0.39 is 0 Å². The smallest absolute Gasteiger partial charge is 0.00368 e. The lowest BCUT2D eigenvalue weighted by atomic mass is 9.80. The summed E-state index contributed by atoms with van der Waals surface area (Å²) in [6.45, 7) is 12.7. The fourth-order valence-electron chi connectivity index (χ4n) is 1.27. The third kappa shape index (κ3) is 7.34. The molecule has 0 heterocycles. The summed E-state index contributed by atoms with van der Waals surface area (Å²) >= 11 is 0. The van der Waals surface area contributed by atoms with Crippen molar-refractivity contribution in [3.8, 4) is 0 Å². The molecule has 0 saturated heterocycles. The van der Waals surface area contributed by atoms with Crippen LogP contribution in [0.25, 0.3) is 0 Å². The Morgan fingerprint density at radius 3 is 2.21 bits per heavy atom. The fourth-order valence-corrected chi connectivity index (χ4v) is 1.27. The molecular weight excluding hydrogens is 172 g/mol. The van der Waals surface area contributed by atoms with Gasteiger partial charge in [0.25, 0.3) is 0 Å². The highest BCUT2D eigenvalue weighted by Crippen LogP contribution is 2.27. The van der Waals surface area contributed by atoms with Gasteiger partial charge in [-0.3, -0.25) is 0 Å². The van der Waals surface area contributed by atoms with Crippen LogP contribution in [-0.4, -0.2) is 26.7 Å². The maximum atomic E-state index is 3.48. The predicted molar refractivity (Wildman–Crippen MR) is 64.6 cm³/mol. The summed E-state index contributed by atoms with van der Waals surface area (Å²) in [7, 11) is 2.00. The van der Waals surface area contributed by atoms with E-state index in [1.54, 1.807) is 0 Å². The van der Waals surface area contributed by atoms with Gasteiger partial charge in [-0.25, -0.2) is 0 Å². The van der Waals surface area contributed by atoms with Gasteiger partial charge in [-0.2, -0.15) is 0 Å². The molecule has 2 nitrogen and oxygen atoms in total. The van der Waals surface area contributed by atoms with Crippen molar-refractivity contribution in [2.45, 2.75) is 40.5 Å². The van der Waals surface area contributed by atoms with Gasteiger partial charge in [-0.1, -0.05) is 27.7 Å². The Kier molecular flexibility index (Phi) is 7.20. The van der Waals surface area contributed by atoms with Crippen LogP contribution >= 0.6 is 0 Å². The Labute approximate surface area is 89.9 Å². The lowest BCUT2D eigenvalue weighted by Crippen LogP contribution is -2.25. The minimum Gasteiger partial charge on any atom is -0.320 e. The minimum atomic E-state index is 0.451. The van der Waals surface area contributed by atoms with Gasteiger partial charge in [0.05, 0.1) is 0 Å². The van der Waals surface area contributed by atoms with Crippen LogP contribution in [0, 0.1) is 11.3 Å². The molecule has 0 aliphatic rings. The number of nitrogens with one attached hydrogen (secondary N) is 2. The second-order valence-electron chi connectivity index (χ2n) is 5.26. The van der Waals surface area contributed by atoms with Crippen LogP contribution in [0.3, 0.4) is 0 Å². The average molecular weight is 200 g/mol. The second kappa shape index (κ2) is 7.24. The van der Waals surface area contributed by atoms with Gasteiger partial charge in [-0.15, -0.1) is 0 Å². The zero-order valence-electron chi connectivity index (χ0n) is 10.6. The van der Waals surface area contributed by atoms with Gasteiger partial charge in [0, 0.05) is 0 Å². The van der Waals surface area contributed by atoms with Crippen LogP contribution in [0.1, 0.15) is 40.5 Å². The zero-order valence-corrected chi connectivity index (χ0v) is 10.6. The van der Waals surface area contributed by atoms with Crippen LogP contribution < -0.4 is 10.6 Å². The Balaban J connectivity index is 3.28. The molecule has 0 aliphatic carbocycles. The van der Waals surface area contributed by atoms with Crippen molar-refractivity contribution in [1.29, 1.82) is 0 Å². The summed E-state index contributed by atoms with van der Waals surface area (Å²) in [4.78, 5) is 0. The molecule has 0 saturated carbocycles. The molecule has 1 atom stereocenters. The van der Waals surface area contributed by atoms with E-state index in [4.69, 9.17) is 0 Å². The summed E-state index contributed by atoms with van der Waals surface area (Å²) in [5.41, 5.74) is 0.451. The molecule has 0 amide bonds. The fraction of sp³-hybridized carbons (Fsp3) is 1.00. The second-order valence-corrected chi connectivity index (χ2v) is 5.26. The molecule has 0 rings (SSSR count). The summed E-state index contributed by atoms with van der Waals surface area (Å²) in [5.74, 6) is 0.791. The predicted octanol–water partition coefficient (Wildman–Crippen LogP) is 2.26. The Hall–Kier alpha value is -0.0800. The van der Waals surface area contributed by atoms with E-state index in [0.717, 1.165) is 25.6 Å². The van der Waals surface area contributed by atoms with Crippen molar-refractivity contribution >= 4 is 0 Å². The summed E-state index contributed by atoms with van der Waals surface area (Å²) in [6.07, 6.45) is 2.50. The maximum absolute atomic E-state index is 3.48. The van der Waals surface area contributed by atoms with E-state index in [2.05, 4.69) is 38.3 Å². The van der Waals surface area contributed by atoms with Gasteiger partial charge in [-0.05, 0) is 50.9 Å². The Morgan fingerprint density at radius 2 is 1.71 bits per heavy atom. The van der Waals surface area contributed by atoms with Crippen LogP contribution in [0.4, 0.5) is 0 Å². The van der Waals surface area contributed by atoms with Crippen molar-refractivity contribution in [2.24, 2.45) is 11.3 Å². The van der Waals surface area contributed by atoms with Crippen molar-refractivity contribution < 1.29 is 0 Å². The summed E-state index contributed by atoms with van der Waals surface area (Å²) in [6, 6.07) is 0. The molecular formula is C12H28N2. The van der Waals surface area contributed by atoms with Gasteiger partial charge < -0.3 is 10.6 Å². The molecule has 86 valence electrons. The zero-order chi connectivity index (χ0) is 11.0.